The molecule has 4 heteroatoms. The molecule has 0 aliphatic carbocycles. The van der Waals surface area contributed by atoms with Crippen molar-refractivity contribution in [2.75, 3.05) is 5.73 Å². The topological polar surface area (TPSA) is 59.0 Å². The lowest BCUT2D eigenvalue weighted by Gasteiger charge is -2.09. The Morgan fingerprint density at radius 2 is 1.89 bits per heavy atom. The molecule has 0 aliphatic heterocycles. The van der Waals surface area contributed by atoms with Crippen molar-refractivity contribution in [2.45, 2.75) is 6.61 Å². The molecule has 0 saturated carbocycles. The number of nitrogens with two attached hydrogens (primary N) is 1. The normalized spacial score (nSPS) is 9.78. The minimum absolute atomic E-state index is 0.465. The summed E-state index contributed by atoms with van der Waals surface area (Å²) in [6.45, 7) is 0.465. The van der Waals surface area contributed by atoms with Gasteiger partial charge in [-0.05, 0) is 58.5 Å². The highest BCUT2D eigenvalue weighted by Crippen LogP contribution is 2.23. The number of benzene rings is 2. The second kappa shape index (κ2) is 5.74. The lowest BCUT2D eigenvalue weighted by Crippen LogP contribution is -1.99. The predicted octanol–water partition coefficient (Wildman–Crippen LogP) is 3.32. The van der Waals surface area contributed by atoms with Crippen molar-refractivity contribution in [2.24, 2.45) is 0 Å². The van der Waals surface area contributed by atoms with Gasteiger partial charge in [0.1, 0.15) is 12.4 Å². The van der Waals surface area contributed by atoms with Crippen LogP contribution in [0.25, 0.3) is 0 Å². The van der Waals surface area contributed by atoms with E-state index in [0.29, 0.717) is 23.6 Å². The van der Waals surface area contributed by atoms with Crippen LogP contribution in [0.4, 0.5) is 5.69 Å². The molecule has 18 heavy (non-hydrogen) atoms. The summed E-state index contributed by atoms with van der Waals surface area (Å²) >= 11 is 2.26. The van der Waals surface area contributed by atoms with Crippen molar-refractivity contribution in [1.82, 2.24) is 0 Å². The first kappa shape index (κ1) is 12.7. The van der Waals surface area contributed by atoms with Crippen molar-refractivity contribution < 1.29 is 4.74 Å². The van der Waals surface area contributed by atoms with E-state index >= 15 is 0 Å². The number of nitriles is 1. The molecule has 2 rings (SSSR count). The maximum absolute atomic E-state index is 8.74. The number of halogens is 1. The second-order valence-electron chi connectivity index (χ2n) is 3.78. The Bertz CT molecular complexity index is 588. The Morgan fingerprint density at radius 1 is 1.17 bits per heavy atom. The van der Waals surface area contributed by atoms with Gasteiger partial charge in [0.15, 0.2) is 0 Å². The number of nitrogens with zero attached hydrogens (tertiary/aromatic N) is 1. The van der Waals surface area contributed by atoms with Crippen LogP contribution in [0.3, 0.4) is 0 Å². The quantitative estimate of drug-likeness (QED) is 0.682. The lowest BCUT2D eigenvalue weighted by atomic mass is 10.2. The van der Waals surface area contributed by atoms with E-state index in [2.05, 4.69) is 22.6 Å². The first-order chi connectivity index (χ1) is 8.69. The molecule has 0 saturated heterocycles. The largest absolute Gasteiger partial charge is 0.487 e. The fraction of sp³-hybridized carbons (Fsp3) is 0.0714. The third-order valence-electron chi connectivity index (χ3n) is 2.45. The first-order valence-corrected chi connectivity index (χ1v) is 6.44. The Labute approximate surface area is 119 Å². The van der Waals surface area contributed by atoms with E-state index in [1.165, 1.54) is 3.57 Å². The van der Waals surface area contributed by atoms with Crippen LogP contribution in [0.2, 0.25) is 0 Å². The first-order valence-electron chi connectivity index (χ1n) is 5.36. The SMILES string of the molecule is N#Cc1ccc(OCc2ccc(I)cc2)c(N)c1. The number of hydrogen-bond acceptors (Lipinski definition) is 3. The van der Waals surface area contributed by atoms with Gasteiger partial charge in [0.2, 0.25) is 0 Å². The standard InChI is InChI=1S/C14H11IN2O/c15-12-4-1-10(2-5-12)9-18-14-6-3-11(8-16)7-13(14)17/h1-7H,9,17H2. The van der Waals surface area contributed by atoms with Gasteiger partial charge in [-0.3, -0.25) is 0 Å². The van der Waals surface area contributed by atoms with Gasteiger partial charge < -0.3 is 10.5 Å². The van der Waals surface area contributed by atoms with Crippen LogP contribution in [0.5, 0.6) is 5.75 Å². The van der Waals surface area contributed by atoms with Crippen LogP contribution in [0.15, 0.2) is 42.5 Å². The van der Waals surface area contributed by atoms with Crippen LogP contribution >= 0.6 is 22.6 Å². The lowest BCUT2D eigenvalue weighted by molar-refractivity contribution is 0.308. The molecule has 2 aromatic rings. The van der Waals surface area contributed by atoms with Gasteiger partial charge in [-0.15, -0.1) is 0 Å². The molecule has 0 unspecified atom stereocenters. The van der Waals surface area contributed by atoms with Crippen LogP contribution < -0.4 is 10.5 Å². The summed E-state index contributed by atoms with van der Waals surface area (Å²) in [7, 11) is 0. The molecule has 0 amide bonds. The van der Waals surface area contributed by atoms with Crippen molar-refractivity contribution >= 4 is 28.3 Å². The molecule has 0 radical (unpaired) electrons. The second-order valence-corrected chi connectivity index (χ2v) is 5.03. The average molecular weight is 350 g/mol. The molecule has 0 heterocycles. The van der Waals surface area contributed by atoms with E-state index in [1.807, 2.05) is 30.3 Å². The van der Waals surface area contributed by atoms with Crippen LogP contribution in [0, 0.1) is 14.9 Å². The van der Waals surface area contributed by atoms with E-state index < -0.39 is 0 Å². The smallest absolute Gasteiger partial charge is 0.142 e. The summed E-state index contributed by atoms with van der Waals surface area (Å²) in [4.78, 5) is 0. The fourth-order valence-corrected chi connectivity index (χ4v) is 1.85. The summed E-state index contributed by atoms with van der Waals surface area (Å²) in [6.07, 6.45) is 0. The molecule has 0 aliphatic rings. The molecule has 0 fully saturated rings. The van der Waals surface area contributed by atoms with Crippen LogP contribution in [-0.4, -0.2) is 0 Å². The van der Waals surface area contributed by atoms with Gasteiger partial charge in [0.05, 0.1) is 17.3 Å². The number of anilines is 1. The molecule has 0 bridgehead atoms. The van der Waals surface area contributed by atoms with E-state index in [-0.39, 0.29) is 0 Å². The van der Waals surface area contributed by atoms with Crippen molar-refractivity contribution in [3.8, 4) is 11.8 Å². The van der Waals surface area contributed by atoms with E-state index in [9.17, 15) is 0 Å². The number of hydrogen-bond donors (Lipinski definition) is 1. The number of nitrogen functional groups attached to an aromatic ring is 1. The Balaban J connectivity index is 2.06. The zero-order chi connectivity index (χ0) is 13.0. The van der Waals surface area contributed by atoms with Gasteiger partial charge in [0.25, 0.3) is 0 Å². The molecule has 2 aromatic carbocycles. The highest BCUT2D eigenvalue weighted by Gasteiger charge is 2.02. The van der Waals surface area contributed by atoms with E-state index in [0.717, 1.165) is 5.56 Å². The Morgan fingerprint density at radius 3 is 2.50 bits per heavy atom. The summed E-state index contributed by atoms with van der Waals surface area (Å²) in [6, 6.07) is 15.2. The highest BCUT2D eigenvalue weighted by atomic mass is 127. The summed E-state index contributed by atoms with van der Waals surface area (Å²) in [5, 5.41) is 8.74. The summed E-state index contributed by atoms with van der Waals surface area (Å²) < 4.78 is 6.81. The third-order valence-corrected chi connectivity index (χ3v) is 3.17. The summed E-state index contributed by atoms with van der Waals surface area (Å²) in [5.74, 6) is 0.604. The molecule has 2 N–H and O–H groups in total. The maximum Gasteiger partial charge on any atom is 0.142 e. The Kier molecular flexibility index (Phi) is 4.05. The minimum Gasteiger partial charge on any atom is -0.487 e. The van der Waals surface area contributed by atoms with Gasteiger partial charge in [-0.1, -0.05) is 12.1 Å². The van der Waals surface area contributed by atoms with E-state index in [1.54, 1.807) is 18.2 Å². The summed E-state index contributed by atoms with van der Waals surface area (Å²) in [5.41, 5.74) is 7.91. The van der Waals surface area contributed by atoms with Crippen LogP contribution in [0.1, 0.15) is 11.1 Å². The maximum atomic E-state index is 8.74. The molecule has 3 nitrogen and oxygen atoms in total. The van der Waals surface area contributed by atoms with Gasteiger partial charge in [0, 0.05) is 3.57 Å². The number of ether oxygens (including phenoxy) is 1. The molecule has 0 atom stereocenters. The average Bonchev–Trinajstić information content (AvgIpc) is 2.39. The van der Waals surface area contributed by atoms with Crippen LogP contribution in [-0.2, 0) is 6.61 Å². The van der Waals surface area contributed by atoms with Gasteiger partial charge in [-0.25, -0.2) is 0 Å². The van der Waals surface area contributed by atoms with E-state index in [4.69, 9.17) is 15.7 Å². The van der Waals surface area contributed by atoms with Crippen molar-refractivity contribution in [3.63, 3.8) is 0 Å². The fourth-order valence-electron chi connectivity index (χ4n) is 1.49. The Hall–Kier alpha value is -1.74. The molecular weight excluding hydrogens is 339 g/mol. The minimum atomic E-state index is 0.465. The predicted molar refractivity (Wildman–Crippen MR) is 79.1 cm³/mol. The molecular formula is C14H11IN2O. The zero-order valence-corrected chi connectivity index (χ0v) is 11.7. The van der Waals surface area contributed by atoms with Crippen molar-refractivity contribution in [3.05, 3.63) is 57.2 Å². The zero-order valence-electron chi connectivity index (χ0n) is 9.56. The van der Waals surface area contributed by atoms with Gasteiger partial charge >= 0.3 is 0 Å². The monoisotopic (exact) mass is 350 g/mol. The third kappa shape index (κ3) is 3.14. The molecule has 0 aromatic heterocycles. The molecule has 90 valence electrons. The molecule has 0 spiro atoms. The highest BCUT2D eigenvalue weighted by molar-refractivity contribution is 14.1. The van der Waals surface area contributed by atoms with Gasteiger partial charge in [-0.2, -0.15) is 5.26 Å². The van der Waals surface area contributed by atoms with Crippen molar-refractivity contribution in [1.29, 1.82) is 5.26 Å². The number of rotatable bonds is 3.